The van der Waals surface area contributed by atoms with Crippen molar-refractivity contribution in [3.63, 3.8) is 0 Å². The monoisotopic (exact) mass is 255 g/mol. The van der Waals surface area contributed by atoms with E-state index < -0.39 is 0 Å². The molecule has 0 heterocycles. The molecule has 0 spiro atoms. The number of aryl methyl sites for hydroxylation is 1. The summed E-state index contributed by atoms with van der Waals surface area (Å²) in [5, 5.41) is 3.91. The van der Waals surface area contributed by atoms with E-state index >= 15 is 0 Å². The number of hydrogen-bond donors (Lipinski definition) is 1. The lowest BCUT2D eigenvalue weighted by Crippen LogP contribution is -2.26. The molecule has 1 aromatic rings. The van der Waals surface area contributed by atoms with E-state index in [1.165, 1.54) is 24.0 Å². The second kappa shape index (κ2) is 4.34. The Morgan fingerprint density at radius 1 is 1.11 bits per heavy atom. The minimum Gasteiger partial charge on any atom is -0.307 e. The Morgan fingerprint density at radius 2 is 1.74 bits per heavy atom. The maximum atomic E-state index is 3.91. The minimum absolute atomic E-state index is 0.515. The molecule has 0 amide bonds. The van der Waals surface area contributed by atoms with E-state index in [0.717, 1.165) is 36.1 Å². The molecule has 0 radical (unpaired) electrons. The highest BCUT2D eigenvalue weighted by Crippen LogP contribution is 2.65. The summed E-state index contributed by atoms with van der Waals surface area (Å²) in [7, 11) is 0. The molecule has 3 aliphatic rings. The molecule has 1 nitrogen and oxygen atoms in total. The Hall–Kier alpha value is -0.820. The van der Waals surface area contributed by atoms with Crippen LogP contribution in [0.25, 0.3) is 0 Å². The Balaban J connectivity index is 1.41. The molecule has 5 atom stereocenters. The molecule has 102 valence electrons. The first-order valence-corrected chi connectivity index (χ1v) is 8.13. The second-order valence-corrected chi connectivity index (χ2v) is 7.00. The van der Waals surface area contributed by atoms with Crippen molar-refractivity contribution in [1.82, 2.24) is 5.32 Å². The van der Waals surface area contributed by atoms with Gasteiger partial charge in [0.15, 0.2) is 0 Å². The van der Waals surface area contributed by atoms with E-state index in [2.05, 4.69) is 43.4 Å². The van der Waals surface area contributed by atoms with Gasteiger partial charge in [-0.1, -0.05) is 31.2 Å². The van der Waals surface area contributed by atoms with Crippen molar-refractivity contribution in [3.05, 3.63) is 35.4 Å². The van der Waals surface area contributed by atoms with Crippen molar-refractivity contribution in [2.24, 2.45) is 23.7 Å². The molecule has 0 aromatic heterocycles. The van der Waals surface area contributed by atoms with Crippen LogP contribution in [0.4, 0.5) is 0 Å². The van der Waals surface area contributed by atoms with E-state index in [0.29, 0.717) is 6.04 Å². The molecular formula is C18H25N. The van der Waals surface area contributed by atoms with Crippen LogP contribution in [0.3, 0.4) is 0 Å². The zero-order chi connectivity index (χ0) is 13.0. The largest absolute Gasteiger partial charge is 0.307 e. The molecular weight excluding hydrogens is 230 g/mol. The zero-order valence-corrected chi connectivity index (χ0v) is 12.1. The van der Waals surface area contributed by atoms with Gasteiger partial charge in [-0.3, -0.25) is 0 Å². The first-order valence-electron chi connectivity index (χ1n) is 8.13. The zero-order valence-electron chi connectivity index (χ0n) is 12.1. The van der Waals surface area contributed by atoms with Gasteiger partial charge in [-0.05, 0) is 67.4 Å². The third-order valence-electron chi connectivity index (χ3n) is 6.07. The SMILES string of the molecule is CCc1ccc(C(C)NC2C3C4CCC(C4)C23)cc1. The molecule has 19 heavy (non-hydrogen) atoms. The summed E-state index contributed by atoms with van der Waals surface area (Å²) in [4.78, 5) is 0. The predicted octanol–water partition coefficient (Wildman–Crippen LogP) is 3.94. The van der Waals surface area contributed by atoms with Gasteiger partial charge in [0.1, 0.15) is 0 Å². The fourth-order valence-electron chi connectivity index (χ4n) is 4.98. The third kappa shape index (κ3) is 1.86. The lowest BCUT2D eigenvalue weighted by Gasteiger charge is -2.17. The number of hydrogen-bond acceptors (Lipinski definition) is 1. The van der Waals surface area contributed by atoms with E-state index in [1.807, 2.05) is 0 Å². The summed E-state index contributed by atoms with van der Waals surface area (Å²) in [6, 6.07) is 10.5. The van der Waals surface area contributed by atoms with Crippen molar-refractivity contribution in [3.8, 4) is 0 Å². The third-order valence-corrected chi connectivity index (χ3v) is 6.07. The Labute approximate surface area is 116 Å². The van der Waals surface area contributed by atoms with Crippen LogP contribution in [-0.4, -0.2) is 6.04 Å². The van der Waals surface area contributed by atoms with Crippen LogP contribution in [0.15, 0.2) is 24.3 Å². The molecule has 0 saturated heterocycles. The molecule has 3 fully saturated rings. The van der Waals surface area contributed by atoms with E-state index in [4.69, 9.17) is 0 Å². The Morgan fingerprint density at radius 3 is 2.32 bits per heavy atom. The fourth-order valence-corrected chi connectivity index (χ4v) is 4.98. The first-order chi connectivity index (χ1) is 9.28. The summed E-state index contributed by atoms with van der Waals surface area (Å²) in [6.07, 6.45) is 5.72. The number of rotatable bonds is 4. The first kappa shape index (κ1) is 12.0. The fraction of sp³-hybridized carbons (Fsp3) is 0.667. The standard InChI is InChI=1S/C18H25N/c1-3-12-4-6-13(7-5-12)11(2)19-18-16-14-8-9-15(10-14)17(16)18/h4-7,11,14-19H,3,8-10H2,1-2H3. The van der Waals surface area contributed by atoms with Gasteiger partial charge in [0, 0.05) is 12.1 Å². The summed E-state index contributed by atoms with van der Waals surface area (Å²) >= 11 is 0. The summed E-state index contributed by atoms with van der Waals surface area (Å²) in [5.74, 6) is 4.22. The highest BCUT2D eigenvalue weighted by atomic mass is 15.0. The highest BCUT2D eigenvalue weighted by Gasteiger charge is 2.64. The van der Waals surface area contributed by atoms with Crippen LogP contribution >= 0.6 is 0 Å². The van der Waals surface area contributed by atoms with Crippen LogP contribution in [0.1, 0.15) is 50.3 Å². The number of nitrogens with one attached hydrogen (secondary N) is 1. The molecule has 1 heteroatoms. The van der Waals surface area contributed by atoms with Crippen LogP contribution in [0.2, 0.25) is 0 Å². The van der Waals surface area contributed by atoms with Gasteiger partial charge in [-0.15, -0.1) is 0 Å². The van der Waals surface area contributed by atoms with Gasteiger partial charge in [0.05, 0.1) is 0 Å². The Bertz CT molecular complexity index is 447. The van der Waals surface area contributed by atoms with Crippen LogP contribution in [0, 0.1) is 23.7 Å². The number of fused-ring (bicyclic) bond motifs is 5. The molecule has 4 rings (SSSR count). The van der Waals surface area contributed by atoms with Gasteiger partial charge in [0.2, 0.25) is 0 Å². The number of benzene rings is 1. The van der Waals surface area contributed by atoms with Crippen molar-refractivity contribution in [2.45, 2.75) is 51.6 Å². The lowest BCUT2D eigenvalue weighted by molar-refractivity contribution is 0.433. The quantitative estimate of drug-likeness (QED) is 0.859. The van der Waals surface area contributed by atoms with Crippen LogP contribution < -0.4 is 5.32 Å². The molecule has 3 aliphatic carbocycles. The minimum atomic E-state index is 0.515. The highest BCUT2D eigenvalue weighted by molar-refractivity contribution is 5.26. The van der Waals surface area contributed by atoms with Gasteiger partial charge in [-0.25, -0.2) is 0 Å². The van der Waals surface area contributed by atoms with Crippen molar-refractivity contribution < 1.29 is 0 Å². The van der Waals surface area contributed by atoms with Crippen LogP contribution in [-0.2, 0) is 6.42 Å². The lowest BCUT2D eigenvalue weighted by atomic mass is 10.0. The van der Waals surface area contributed by atoms with Gasteiger partial charge < -0.3 is 5.32 Å². The molecule has 0 aliphatic heterocycles. The molecule has 2 bridgehead atoms. The van der Waals surface area contributed by atoms with Crippen LogP contribution in [0.5, 0.6) is 0 Å². The van der Waals surface area contributed by atoms with E-state index in [9.17, 15) is 0 Å². The summed E-state index contributed by atoms with van der Waals surface area (Å²) < 4.78 is 0. The molecule has 1 aromatic carbocycles. The van der Waals surface area contributed by atoms with E-state index in [1.54, 1.807) is 6.42 Å². The average molecular weight is 255 g/mol. The predicted molar refractivity (Wildman–Crippen MR) is 79.0 cm³/mol. The average Bonchev–Trinajstić information content (AvgIpc) is 2.85. The van der Waals surface area contributed by atoms with Gasteiger partial charge in [0.25, 0.3) is 0 Å². The van der Waals surface area contributed by atoms with Crippen molar-refractivity contribution in [1.29, 1.82) is 0 Å². The summed E-state index contributed by atoms with van der Waals surface area (Å²) in [6.45, 7) is 4.55. The van der Waals surface area contributed by atoms with Crippen molar-refractivity contribution in [2.75, 3.05) is 0 Å². The van der Waals surface area contributed by atoms with Gasteiger partial charge in [-0.2, -0.15) is 0 Å². The topological polar surface area (TPSA) is 12.0 Å². The molecule has 3 saturated carbocycles. The summed E-state index contributed by atoms with van der Waals surface area (Å²) in [5.41, 5.74) is 2.90. The molecule has 1 N–H and O–H groups in total. The van der Waals surface area contributed by atoms with E-state index in [-0.39, 0.29) is 0 Å². The molecule has 5 unspecified atom stereocenters. The Kier molecular flexibility index (Phi) is 2.73. The second-order valence-electron chi connectivity index (χ2n) is 7.00. The maximum absolute atomic E-state index is 3.91. The van der Waals surface area contributed by atoms with Gasteiger partial charge >= 0.3 is 0 Å². The van der Waals surface area contributed by atoms with Crippen molar-refractivity contribution >= 4 is 0 Å². The maximum Gasteiger partial charge on any atom is 0.0294 e. The normalized spacial score (nSPS) is 40.2. The smallest absolute Gasteiger partial charge is 0.0294 e.